The van der Waals surface area contributed by atoms with Gasteiger partial charge in [-0.05, 0) is 36.6 Å². The first-order valence-electron chi connectivity index (χ1n) is 6.58. The molecule has 0 unspecified atom stereocenters. The molecule has 2 aromatic rings. The van der Waals surface area contributed by atoms with Crippen LogP contribution in [0.25, 0.3) is 0 Å². The number of hydrogen-bond donors (Lipinski definition) is 2. The van der Waals surface area contributed by atoms with Crippen LogP contribution >= 0.6 is 0 Å². The SMILES string of the molecule is Nc1ccc(S(=O)(=O)NCCCc2ccccc2)c(F)c1. The number of nitrogen functional groups attached to an aromatic ring is 1. The summed E-state index contributed by atoms with van der Waals surface area (Å²) in [4.78, 5) is -0.378. The fourth-order valence-corrected chi connectivity index (χ4v) is 3.09. The standard InChI is InChI=1S/C15H17FN2O2S/c16-14-11-13(17)8-9-15(14)21(19,20)18-10-4-7-12-5-2-1-3-6-12/h1-3,5-6,8-9,11,18H,4,7,10,17H2. The Hall–Kier alpha value is -1.92. The van der Waals surface area contributed by atoms with Gasteiger partial charge in [0.2, 0.25) is 10.0 Å². The molecule has 0 radical (unpaired) electrons. The van der Waals surface area contributed by atoms with Crippen molar-refractivity contribution in [2.24, 2.45) is 0 Å². The van der Waals surface area contributed by atoms with Crippen molar-refractivity contribution in [1.29, 1.82) is 0 Å². The number of benzene rings is 2. The fourth-order valence-electron chi connectivity index (χ4n) is 1.96. The molecule has 0 aliphatic rings. The molecule has 0 atom stereocenters. The lowest BCUT2D eigenvalue weighted by Gasteiger charge is -2.08. The van der Waals surface area contributed by atoms with E-state index in [4.69, 9.17) is 5.73 Å². The molecule has 21 heavy (non-hydrogen) atoms. The highest BCUT2D eigenvalue weighted by Gasteiger charge is 2.18. The van der Waals surface area contributed by atoms with E-state index in [2.05, 4.69) is 4.72 Å². The van der Waals surface area contributed by atoms with Gasteiger partial charge >= 0.3 is 0 Å². The smallest absolute Gasteiger partial charge is 0.243 e. The Morgan fingerprint density at radius 2 is 1.81 bits per heavy atom. The van der Waals surface area contributed by atoms with Crippen molar-refractivity contribution < 1.29 is 12.8 Å². The van der Waals surface area contributed by atoms with E-state index in [1.54, 1.807) is 0 Å². The van der Waals surface area contributed by atoms with E-state index in [9.17, 15) is 12.8 Å². The second-order valence-electron chi connectivity index (χ2n) is 4.68. The third-order valence-corrected chi connectivity index (χ3v) is 4.52. The summed E-state index contributed by atoms with van der Waals surface area (Å²) in [5, 5.41) is 0. The summed E-state index contributed by atoms with van der Waals surface area (Å²) in [5.41, 5.74) is 6.73. The van der Waals surface area contributed by atoms with Crippen LogP contribution in [0.1, 0.15) is 12.0 Å². The van der Waals surface area contributed by atoms with E-state index >= 15 is 0 Å². The van der Waals surface area contributed by atoms with Gasteiger partial charge in [0.25, 0.3) is 0 Å². The highest BCUT2D eigenvalue weighted by molar-refractivity contribution is 7.89. The fraction of sp³-hybridized carbons (Fsp3) is 0.200. The van der Waals surface area contributed by atoms with Crippen molar-refractivity contribution in [3.8, 4) is 0 Å². The van der Waals surface area contributed by atoms with Gasteiger partial charge in [0.15, 0.2) is 0 Å². The molecule has 0 saturated carbocycles. The van der Waals surface area contributed by atoms with Gasteiger partial charge in [0.05, 0.1) is 0 Å². The highest BCUT2D eigenvalue weighted by Crippen LogP contribution is 2.16. The molecule has 0 amide bonds. The summed E-state index contributed by atoms with van der Waals surface area (Å²) < 4.78 is 40.0. The maximum absolute atomic E-state index is 13.6. The van der Waals surface area contributed by atoms with Crippen LogP contribution in [0, 0.1) is 5.82 Å². The predicted molar refractivity (Wildman–Crippen MR) is 80.8 cm³/mol. The number of aryl methyl sites for hydroxylation is 1. The zero-order valence-corrected chi connectivity index (χ0v) is 12.2. The van der Waals surface area contributed by atoms with Crippen molar-refractivity contribution in [2.75, 3.05) is 12.3 Å². The lowest BCUT2D eigenvalue weighted by Crippen LogP contribution is -2.26. The summed E-state index contributed by atoms with van der Waals surface area (Å²) in [5.74, 6) is -0.842. The third kappa shape index (κ3) is 4.27. The van der Waals surface area contributed by atoms with Gasteiger partial charge in [-0.15, -0.1) is 0 Å². The number of anilines is 1. The van der Waals surface area contributed by atoms with Gasteiger partial charge in [-0.2, -0.15) is 0 Å². The van der Waals surface area contributed by atoms with Crippen molar-refractivity contribution >= 4 is 15.7 Å². The van der Waals surface area contributed by atoms with Gasteiger partial charge in [0, 0.05) is 12.2 Å². The second kappa shape index (κ2) is 6.69. The largest absolute Gasteiger partial charge is 0.399 e. The molecule has 0 spiro atoms. The first kappa shape index (κ1) is 15.5. The monoisotopic (exact) mass is 308 g/mol. The summed E-state index contributed by atoms with van der Waals surface area (Å²) >= 11 is 0. The average Bonchev–Trinajstić information content (AvgIpc) is 2.44. The average molecular weight is 308 g/mol. The minimum absolute atomic E-state index is 0.190. The molecule has 0 aromatic heterocycles. The molecule has 112 valence electrons. The van der Waals surface area contributed by atoms with Crippen molar-refractivity contribution in [3.63, 3.8) is 0 Å². The molecular formula is C15H17FN2O2S. The molecule has 6 heteroatoms. The topological polar surface area (TPSA) is 72.2 Å². The Morgan fingerprint density at radius 1 is 1.10 bits per heavy atom. The molecule has 0 bridgehead atoms. The number of halogens is 1. The van der Waals surface area contributed by atoms with Crippen LogP contribution < -0.4 is 10.5 Å². The van der Waals surface area contributed by atoms with E-state index in [-0.39, 0.29) is 17.1 Å². The maximum atomic E-state index is 13.6. The highest BCUT2D eigenvalue weighted by atomic mass is 32.2. The molecule has 0 heterocycles. The Labute approximate surface area is 123 Å². The lowest BCUT2D eigenvalue weighted by atomic mass is 10.1. The molecule has 4 nitrogen and oxygen atoms in total. The van der Waals surface area contributed by atoms with E-state index in [0.29, 0.717) is 6.42 Å². The van der Waals surface area contributed by atoms with Crippen LogP contribution in [0.3, 0.4) is 0 Å². The van der Waals surface area contributed by atoms with Crippen LogP contribution in [0.4, 0.5) is 10.1 Å². The van der Waals surface area contributed by atoms with Crippen LogP contribution in [-0.2, 0) is 16.4 Å². The second-order valence-corrected chi connectivity index (χ2v) is 6.41. The van der Waals surface area contributed by atoms with Crippen LogP contribution in [-0.4, -0.2) is 15.0 Å². The lowest BCUT2D eigenvalue weighted by molar-refractivity contribution is 0.556. The zero-order valence-electron chi connectivity index (χ0n) is 11.4. The Bertz CT molecular complexity index is 703. The van der Waals surface area contributed by atoms with Gasteiger partial charge in [-0.1, -0.05) is 30.3 Å². The number of nitrogens with two attached hydrogens (primary N) is 1. The predicted octanol–water partition coefficient (Wildman–Crippen LogP) is 2.32. The summed E-state index contributed by atoms with van der Waals surface area (Å²) in [7, 11) is -3.84. The summed E-state index contributed by atoms with van der Waals surface area (Å²) in [6.45, 7) is 0.251. The minimum atomic E-state index is -3.84. The van der Waals surface area contributed by atoms with Gasteiger partial charge in [0.1, 0.15) is 10.7 Å². The van der Waals surface area contributed by atoms with Crippen LogP contribution in [0.2, 0.25) is 0 Å². The van der Waals surface area contributed by atoms with E-state index in [0.717, 1.165) is 18.1 Å². The molecule has 0 saturated heterocycles. The van der Waals surface area contributed by atoms with Crippen LogP contribution in [0.5, 0.6) is 0 Å². The quantitative estimate of drug-likeness (QED) is 0.635. The minimum Gasteiger partial charge on any atom is -0.399 e. The molecule has 2 aromatic carbocycles. The number of rotatable bonds is 6. The number of hydrogen-bond acceptors (Lipinski definition) is 3. The molecule has 2 rings (SSSR count). The van der Waals surface area contributed by atoms with Gasteiger partial charge < -0.3 is 5.73 Å². The van der Waals surface area contributed by atoms with Crippen molar-refractivity contribution in [3.05, 3.63) is 59.9 Å². The molecule has 3 N–H and O–H groups in total. The van der Waals surface area contributed by atoms with Crippen molar-refractivity contribution in [2.45, 2.75) is 17.7 Å². The van der Waals surface area contributed by atoms with Gasteiger partial charge in [-0.3, -0.25) is 0 Å². The Balaban J connectivity index is 1.92. The molecule has 0 fully saturated rings. The maximum Gasteiger partial charge on any atom is 0.243 e. The Morgan fingerprint density at radius 3 is 2.48 bits per heavy atom. The molecular weight excluding hydrogens is 291 g/mol. The first-order valence-corrected chi connectivity index (χ1v) is 8.06. The van der Waals surface area contributed by atoms with Crippen molar-refractivity contribution in [1.82, 2.24) is 4.72 Å². The first-order chi connectivity index (χ1) is 9.99. The zero-order chi connectivity index (χ0) is 15.3. The Kier molecular flexibility index (Phi) is 4.93. The number of sulfonamides is 1. The summed E-state index contributed by atoms with van der Waals surface area (Å²) in [6.07, 6.45) is 1.40. The van der Waals surface area contributed by atoms with Crippen LogP contribution in [0.15, 0.2) is 53.4 Å². The molecule has 0 aliphatic carbocycles. The van der Waals surface area contributed by atoms with E-state index in [1.165, 1.54) is 12.1 Å². The normalized spacial score (nSPS) is 11.5. The molecule has 0 aliphatic heterocycles. The number of nitrogens with one attached hydrogen (secondary N) is 1. The van der Waals surface area contributed by atoms with E-state index in [1.807, 2.05) is 30.3 Å². The van der Waals surface area contributed by atoms with E-state index < -0.39 is 15.8 Å². The third-order valence-electron chi connectivity index (χ3n) is 3.02. The van der Waals surface area contributed by atoms with Gasteiger partial charge in [-0.25, -0.2) is 17.5 Å². The summed E-state index contributed by atoms with van der Waals surface area (Å²) in [6, 6.07) is 13.3.